The van der Waals surface area contributed by atoms with E-state index in [2.05, 4.69) is 10.2 Å². The molecule has 1 aromatic rings. The molecule has 0 aliphatic rings. The minimum atomic E-state index is -0.882. The fourth-order valence-electron chi connectivity index (χ4n) is 1.46. The number of nitrogens with zero attached hydrogens (tertiary/aromatic N) is 2. The van der Waals surface area contributed by atoms with Crippen LogP contribution < -0.4 is 0 Å². The molecule has 0 bridgehead atoms. The lowest BCUT2D eigenvalue weighted by atomic mass is 10.3. The molecule has 0 saturated heterocycles. The third-order valence-corrected chi connectivity index (χ3v) is 2.70. The highest BCUT2D eigenvalue weighted by Crippen LogP contribution is 2.19. The molecule has 0 amide bonds. The Morgan fingerprint density at radius 1 is 1.13 bits per heavy atom. The van der Waals surface area contributed by atoms with E-state index in [4.69, 9.17) is 21.1 Å². The number of rotatable bonds is 7. The third-order valence-electron chi connectivity index (χ3n) is 2.45. The summed E-state index contributed by atoms with van der Waals surface area (Å²) in [6, 6.07) is 6.36. The van der Waals surface area contributed by atoms with E-state index in [0.29, 0.717) is 10.7 Å². The van der Waals surface area contributed by atoms with Gasteiger partial charge >= 0.3 is 11.9 Å². The topological polar surface area (TPSA) is 97.5 Å². The second-order valence-corrected chi connectivity index (χ2v) is 4.61. The zero-order valence-electron chi connectivity index (χ0n) is 12.8. The third kappa shape index (κ3) is 6.48. The van der Waals surface area contributed by atoms with E-state index in [-0.39, 0.29) is 13.2 Å². The summed E-state index contributed by atoms with van der Waals surface area (Å²) < 4.78 is 9.50. The van der Waals surface area contributed by atoms with Crippen LogP contribution in [0.3, 0.4) is 0 Å². The number of aliphatic hydroxyl groups excluding tert-OH is 1. The first-order valence-electron chi connectivity index (χ1n) is 6.90. The van der Waals surface area contributed by atoms with Crippen molar-refractivity contribution in [3.8, 4) is 0 Å². The summed E-state index contributed by atoms with van der Waals surface area (Å²) in [6.45, 7) is 3.48. The quantitative estimate of drug-likeness (QED) is 0.353. The molecule has 0 heterocycles. The lowest BCUT2D eigenvalue weighted by Crippen LogP contribution is -2.12. The summed E-state index contributed by atoms with van der Waals surface area (Å²) in [4.78, 5) is 23.2. The molecule has 0 unspecified atom stereocenters. The van der Waals surface area contributed by atoms with Crippen LogP contribution in [0.4, 0.5) is 5.69 Å². The van der Waals surface area contributed by atoms with E-state index in [1.54, 1.807) is 38.1 Å². The molecule has 8 heteroatoms. The molecule has 1 N–H and O–H groups in total. The SMILES string of the molecule is CCOC(=O)C/C(O)=C(\N=Nc1ccc(Cl)cc1)C(=O)OCC. The number of azo groups is 1. The van der Waals surface area contributed by atoms with E-state index >= 15 is 0 Å². The maximum atomic E-state index is 11.8. The maximum absolute atomic E-state index is 11.8. The number of esters is 2. The van der Waals surface area contributed by atoms with E-state index < -0.39 is 29.8 Å². The highest BCUT2D eigenvalue weighted by molar-refractivity contribution is 6.30. The van der Waals surface area contributed by atoms with Crippen LogP contribution in [0.5, 0.6) is 0 Å². The van der Waals surface area contributed by atoms with Gasteiger partial charge in [0, 0.05) is 5.02 Å². The Kier molecular flexibility index (Phi) is 7.76. The van der Waals surface area contributed by atoms with Crippen LogP contribution in [0, 0.1) is 0 Å². The summed E-state index contributed by atoms with van der Waals surface area (Å²) in [7, 11) is 0. The predicted molar refractivity (Wildman–Crippen MR) is 83.5 cm³/mol. The number of hydrogen-bond acceptors (Lipinski definition) is 7. The maximum Gasteiger partial charge on any atom is 0.362 e. The lowest BCUT2D eigenvalue weighted by molar-refractivity contribution is -0.142. The van der Waals surface area contributed by atoms with Crippen LogP contribution in [0.2, 0.25) is 5.02 Å². The molecule has 0 radical (unpaired) electrons. The number of carbonyl (C=O) groups is 2. The molecule has 1 rings (SSSR count). The molecule has 0 aliphatic heterocycles. The average Bonchev–Trinajstić information content (AvgIpc) is 2.49. The minimum absolute atomic E-state index is 0.0888. The first kappa shape index (κ1) is 18.6. The van der Waals surface area contributed by atoms with Crippen molar-refractivity contribution in [1.29, 1.82) is 0 Å². The first-order chi connectivity index (χ1) is 11.0. The second kappa shape index (κ2) is 9.58. The Labute approximate surface area is 138 Å². The van der Waals surface area contributed by atoms with Crippen molar-refractivity contribution in [2.24, 2.45) is 10.2 Å². The number of halogens is 1. The molecular weight excluding hydrogens is 324 g/mol. The molecule has 23 heavy (non-hydrogen) atoms. The molecule has 1 aromatic carbocycles. The van der Waals surface area contributed by atoms with Crippen molar-refractivity contribution in [1.82, 2.24) is 0 Å². The summed E-state index contributed by atoms with van der Waals surface area (Å²) in [5.41, 5.74) is -0.0324. The van der Waals surface area contributed by atoms with E-state index in [1.165, 1.54) is 0 Å². The van der Waals surface area contributed by atoms with Gasteiger partial charge in [0.2, 0.25) is 5.70 Å². The summed E-state index contributed by atoms with van der Waals surface area (Å²) in [5.74, 6) is -2.14. The van der Waals surface area contributed by atoms with Gasteiger partial charge in [-0.3, -0.25) is 4.79 Å². The van der Waals surface area contributed by atoms with Crippen LogP contribution in [0.1, 0.15) is 20.3 Å². The van der Waals surface area contributed by atoms with Gasteiger partial charge in [-0.1, -0.05) is 11.6 Å². The summed E-state index contributed by atoms with van der Waals surface area (Å²) in [6.07, 6.45) is -0.498. The average molecular weight is 341 g/mol. The summed E-state index contributed by atoms with van der Waals surface area (Å²) in [5, 5.41) is 18.0. The zero-order valence-corrected chi connectivity index (χ0v) is 13.5. The largest absolute Gasteiger partial charge is 0.509 e. The van der Waals surface area contributed by atoms with E-state index in [1.807, 2.05) is 0 Å². The number of aliphatic hydroxyl groups is 1. The van der Waals surface area contributed by atoms with Gasteiger partial charge in [0.15, 0.2) is 0 Å². The van der Waals surface area contributed by atoms with Gasteiger partial charge in [-0.05, 0) is 38.1 Å². The highest BCUT2D eigenvalue weighted by Gasteiger charge is 2.19. The minimum Gasteiger partial charge on any atom is -0.509 e. The van der Waals surface area contributed by atoms with Crippen LogP contribution >= 0.6 is 11.6 Å². The van der Waals surface area contributed by atoms with Crippen LogP contribution in [-0.2, 0) is 19.1 Å². The van der Waals surface area contributed by atoms with E-state index in [9.17, 15) is 14.7 Å². The van der Waals surface area contributed by atoms with Crippen molar-refractivity contribution in [3.63, 3.8) is 0 Å². The smallest absolute Gasteiger partial charge is 0.362 e. The van der Waals surface area contributed by atoms with Gasteiger partial charge in [0.05, 0.1) is 18.9 Å². The lowest BCUT2D eigenvalue weighted by Gasteiger charge is -2.05. The molecule has 0 aliphatic carbocycles. The Hall–Kier alpha value is -2.41. The highest BCUT2D eigenvalue weighted by atomic mass is 35.5. The number of hydrogen-bond donors (Lipinski definition) is 1. The second-order valence-electron chi connectivity index (χ2n) is 4.17. The van der Waals surface area contributed by atoms with Crippen LogP contribution in [0.15, 0.2) is 46.0 Å². The number of ether oxygens (including phenoxy) is 2. The molecule has 0 spiro atoms. The number of benzene rings is 1. The predicted octanol–water partition coefficient (Wildman–Crippen LogP) is 3.71. The molecular formula is C15H17ClN2O5. The molecule has 0 atom stereocenters. The van der Waals surface area contributed by atoms with Crippen molar-refractivity contribution >= 4 is 29.2 Å². The fraction of sp³-hybridized carbons (Fsp3) is 0.333. The van der Waals surface area contributed by atoms with Crippen molar-refractivity contribution in [2.45, 2.75) is 20.3 Å². The Bertz CT molecular complexity index is 611. The number of carbonyl (C=O) groups excluding carboxylic acids is 2. The molecule has 0 fully saturated rings. The fourth-order valence-corrected chi connectivity index (χ4v) is 1.59. The molecule has 0 saturated carbocycles. The standard InChI is InChI=1S/C15H17ClN2O5/c1-3-22-13(20)9-12(19)14(15(21)23-4-2)18-17-11-7-5-10(16)6-8-11/h5-8,19H,3-4,9H2,1-2H3/b14-12+,18-17?. The Morgan fingerprint density at radius 3 is 2.30 bits per heavy atom. The van der Waals surface area contributed by atoms with Crippen molar-refractivity contribution in [3.05, 3.63) is 40.7 Å². The van der Waals surface area contributed by atoms with E-state index in [0.717, 1.165) is 0 Å². The zero-order chi connectivity index (χ0) is 17.2. The van der Waals surface area contributed by atoms with Gasteiger partial charge in [-0.25, -0.2) is 4.79 Å². The van der Waals surface area contributed by atoms with Gasteiger partial charge < -0.3 is 14.6 Å². The monoisotopic (exact) mass is 340 g/mol. The Morgan fingerprint density at radius 2 is 1.74 bits per heavy atom. The van der Waals surface area contributed by atoms with Gasteiger partial charge in [-0.15, -0.1) is 5.11 Å². The molecule has 7 nitrogen and oxygen atoms in total. The van der Waals surface area contributed by atoms with Crippen LogP contribution in [0.25, 0.3) is 0 Å². The van der Waals surface area contributed by atoms with Gasteiger partial charge in [-0.2, -0.15) is 5.11 Å². The molecule has 0 aromatic heterocycles. The normalized spacial score (nSPS) is 12.0. The van der Waals surface area contributed by atoms with Crippen LogP contribution in [-0.4, -0.2) is 30.3 Å². The Balaban J connectivity index is 3.01. The van der Waals surface area contributed by atoms with Crippen molar-refractivity contribution in [2.75, 3.05) is 13.2 Å². The van der Waals surface area contributed by atoms with Gasteiger partial charge in [0.1, 0.15) is 12.2 Å². The summed E-state index contributed by atoms with van der Waals surface area (Å²) >= 11 is 5.76. The van der Waals surface area contributed by atoms with Gasteiger partial charge in [0.25, 0.3) is 0 Å². The first-order valence-corrected chi connectivity index (χ1v) is 7.27. The molecule has 124 valence electrons. The van der Waals surface area contributed by atoms with Crippen molar-refractivity contribution < 1.29 is 24.2 Å².